The molecule has 1 atom stereocenters. The van der Waals surface area contributed by atoms with Crippen LogP contribution in [0.4, 0.5) is 5.69 Å². The van der Waals surface area contributed by atoms with Crippen LogP contribution >= 0.6 is 11.3 Å². The van der Waals surface area contributed by atoms with Crippen LogP contribution in [0, 0.1) is 10.1 Å². The van der Waals surface area contributed by atoms with Gasteiger partial charge in [-0.15, -0.1) is 0 Å². The molecule has 206 valence electrons. The number of nitrogens with zero attached hydrogens (tertiary/aromatic N) is 3. The van der Waals surface area contributed by atoms with E-state index in [0.29, 0.717) is 15.1 Å². The van der Waals surface area contributed by atoms with Crippen LogP contribution in [0.3, 0.4) is 0 Å². The number of para-hydroxylation sites is 1. The summed E-state index contributed by atoms with van der Waals surface area (Å²) in [7, 11) is 0. The van der Waals surface area contributed by atoms with Crippen LogP contribution in [0.15, 0.2) is 118 Å². The molecule has 0 N–H and O–H groups in total. The first-order valence-electron chi connectivity index (χ1n) is 13.7. The quantitative estimate of drug-likeness (QED) is 0.190. The number of rotatable bonds is 6. The largest absolute Gasteiger partial charge is 0.488 e. The number of aromatic nitrogens is 1. The van der Waals surface area contributed by atoms with Crippen molar-refractivity contribution in [1.82, 2.24) is 4.57 Å². The topological polar surface area (TPSA) is 86.7 Å². The molecule has 0 amide bonds. The Morgan fingerprint density at radius 2 is 1.67 bits per heavy atom. The summed E-state index contributed by atoms with van der Waals surface area (Å²) >= 11 is 1.39. The number of thiazole rings is 1. The number of nitro groups is 1. The summed E-state index contributed by atoms with van der Waals surface area (Å²) < 4.78 is 8.53. The van der Waals surface area contributed by atoms with Crippen molar-refractivity contribution in [2.75, 3.05) is 0 Å². The van der Waals surface area contributed by atoms with E-state index in [1.54, 1.807) is 12.1 Å². The number of allylic oxidation sites excluding steroid dienone is 1. The second-order valence-electron chi connectivity index (χ2n) is 10.3. The molecule has 1 aliphatic carbocycles. The average molecular weight is 572 g/mol. The maximum atomic E-state index is 14.1. The van der Waals surface area contributed by atoms with Crippen LogP contribution in [0.1, 0.15) is 40.3 Å². The van der Waals surface area contributed by atoms with Crippen molar-refractivity contribution in [2.45, 2.75) is 25.5 Å². The molecular weight excluding hydrogens is 546 g/mol. The van der Waals surface area contributed by atoms with Crippen LogP contribution in [0.25, 0.3) is 11.8 Å². The predicted molar refractivity (Wildman–Crippen MR) is 163 cm³/mol. The molecule has 4 aromatic carbocycles. The van der Waals surface area contributed by atoms with E-state index in [9.17, 15) is 14.9 Å². The molecule has 0 saturated carbocycles. The third kappa shape index (κ3) is 4.65. The van der Waals surface area contributed by atoms with Crippen LogP contribution in [-0.4, -0.2) is 9.49 Å². The fourth-order valence-corrected chi connectivity index (χ4v) is 6.70. The van der Waals surface area contributed by atoms with E-state index in [1.165, 1.54) is 34.6 Å². The average Bonchev–Trinajstić information content (AvgIpc) is 3.34. The summed E-state index contributed by atoms with van der Waals surface area (Å²) in [5.41, 5.74) is 7.18. The monoisotopic (exact) mass is 571 g/mol. The van der Waals surface area contributed by atoms with E-state index in [2.05, 4.69) is 30.3 Å². The number of fused-ring (bicyclic) bond motifs is 3. The van der Waals surface area contributed by atoms with Gasteiger partial charge in [-0.05, 0) is 59.4 Å². The Hall–Kier alpha value is -5.08. The lowest BCUT2D eigenvalue weighted by Gasteiger charge is -2.30. The molecule has 0 spiro atoms. The van der Waals surface area contributed by atoms with Crippen LogP contribution in [0.5, 0.6) is 5.75 Å². The Morgan fingerprint density at radius 3 is 2.48 bits per heavy atom. The summed E-state index contributed by atoms with van der Waals surface area (Å²) in [6, 6.07) is 32.2. The van der Waals surface area contributed by atoms with Gasteiger partial charge < -0.3 is 4.74 Å². The van der Waals surface area contributed by atoms with E-state index in [1.807, 2.05) is 59.2 Å². The molecule has 8 heteroatoms. The summed E-state index contributed by atoms with van der Waals surface area (Å²) in [5.74, 6) is 0.620. The number of hydrogen-bond acceptors (Lipinski definition) is 6. The van der Waals surface area contributed by atoms with E-state index < -0.39 is 4.92 Å². The van der Waals surface area contributed by atoms with Gasteiger partial charge in [0.15, 0.2) is 4.80 Å². The molecule has 1 aromatic heterocycles. The zero-order valence-electron chi connectivity index (χ0n) is 22.5. The Morgan fingerprint density at radius 1 is 0.929 bits per heavy atom. The van der Waals surface area contributed by atoms with E-state index in [4.69, 9.17) is 9.73 Å². The number of ether oxygens (including phenoxy) is 1. The third-order valence-corrected chi connectivity index (χ3v) is 8.72. The predicted octanol–water partition coefficient (Wildman–Crippen LogP) is 5.81. The van der Waals surface area contributed by atoms with Crippen LogP contribution in [-0.2, 0) is 13.0 Å². The summed E-state index contributed by atoms with van der Waals surface area (Å²) in [6.07, 6.45) is 3.63. The van der Waals surface area contributed by atoms with Gasteiger partial charge in [-0.3, -0.25) is 19.5 Å². The number of nitro benzene ring substituents is 1. The molecule has 2 heterocycles. The standard InChI is InChI=1S/C34H25N3O4S/c38-33-30(20-25-11-5-7-13-29(25)41-21-22-14-17-26(18-15-22)37(39)40)42-34-35-31-27-12-6-4-8-23(27)16-19-28(31)32(36(33)34)24-9-2-1-3-10-24/h1-15,17-18,20,32H,16,19,21H2/b30-20-/t32-/m1/s1. The van der Waals surface area contributed by atoms with Gasteiger partial charge in [0.2, 0.25) is 0 Å². The molecule has 0 radical (unpaired) electrons. The lowest BCUT2D eigenvalue weighted by molar-refractivity contribution is -0.384. The maximum Gasteiger partial charge on any atom is 0.271 e. The molecule has 0 saturated heterocycles. The Labute approximate surface area is 245 Å². The smallest absolute Gasteiger partial charge is 0.271 e. The highest BCUT2D eigenvalue weighted by atomic mass is 32.1. The molecule has 0 unspecified atom stereocenters. The summed E-state index contributed by atoms with van der Waals surface area (Å²) in [4.78, 5) is 30.4. The zero-order chi connectivity index (χ0) is 28.6. The van der Waals surface area contributed by atoms with Crippen molar-refractivity contribution < 1.29 is 9.66 Å². The number of aryl methyl sites for hydroxylation is 1. The van der Waals surface area contributed by atoms with Gasteiger partial charge in [-0.2, -0.15) is 0 Å². The second kappa shape index (κ2) is 10.7. The molecule has 7 nitrogen and oxygen atoms in total. The second-order valence-corrected chi connectivity index (χ2v) is 11.3. The first-order valence-corrected chi connectivity index (χ1v) is 14.5. The van der Waals surface area contributed by atoms with Gasteiger partial charge in [-0.25, -0.2) is 4.99 Å². The van der Waals surface area contributed by atoms with Gasteiger partial charge in [-0.1, -0.05) is 84.1 Å². The maximum absolute atomic E-state index is 14.1. The molecule has 5 aromatic rings. The van der Waals surface area contributed by atoms with Crippen molar-refractivity contribution >= 4 is 28.8 Å². The van der Waals surface area contributed by atoms with Crippen molar-refractivity contribution in [3.63, 3.8) is 0 Å². The highest BCUT2D eigenvalue weighted by Gasteiger charge is 2.32. The fraction of sp³-hybridized carbons (Fsp3) is 0.118. The zero-order valence-corrected chi connectivity index (χ0v) is 23.3. The number of non-ortho nitro benzene ring substituents is 1. The summed E-state index contributed by atoms with van der Waals surface area (Å²) in [6.45, 7) is 0.240. The molecule has 42 heavy (non-hydrogen) atoms. The number of hydrogen-bond donors (Lipinski definition) is 0. The first-order chi connectivity index (χ1) is 20.6. The minimum absolute atomic E-state index is 0.0356. The van der Waals surface area contributed by atoms with Crippen molar-refractivity contribution in [3.8, 4) is 5.75 Å². The molecule has 1 aliphatic heterocycles. The van der Waals surface area contributed by atoms with Crippen molar-refractivity contribution in [2.24, 2.45) is 4.99 Å². The third-order valence-electron chi connectivity index (χ3n) is 7.74. The van der Waals surface area contributed by atoms with Gasteiger partial charge >= 0.3 is 0 Å². The summed E-state index contributed by atoms with van der Waals surface area (Å²) in [5, 5.41) is 11.0. The van der Waals surface area contributed by atoms with Gasteiger partial charge in [0, 0.05) is 23.3 Å². The minimum atomic E-state index is -0.423. The lowest BCUT2D eigenvalue weighted by Crippen LogP contribution is -2.38. The molecule has 0 fully saturated rings. The molecule has 2 aliphatic rings. The van der Waals surface area contributed by atoms with Gasteiger partial charge in [0.25, 0.3) is 11.2 Å². The van der Waals surface area contributed by atoms with Gasteiger partial charge in [0.05, 0.1) is 21.2 Å². The van der Waals surface area contributed by atoms with E-state index >= 15 is 0 Å². The van der Waals surface area contributed by atoms with Crippen LogP contribution in [0.2, 0.25) is 0 Å². The molecular formula is C34H25N3O4S. The van der Waals surface area contributed by atoms with Crippen molar-refractivity contribution in [1.29, 1.82) is 0 Å². The normalized spacial score (nSPS) is 15.8. The fourth-order valence-electron chi connectivity index (χ4n) is 5.71. The Balaban J connectivity index is 1.31. The number of benzene rings is 4. The Bertz CT molecular complexity index is 2040. The van der Waals surface area contributed by atoms with Gasteiger partial charge in [0.1, 0.15) is 12.4 Å². The van der Waals surface area contributed by atoms with Crippen LogP contribution < -0.4 is 19.6 Å². The molecule has 0 bridgehead atoms. The minimum Gasteiger partial charge on any atom is -0.488 e. The lowest BCUT2D eigenvalue weighted by atomic mass is 9.83. The SMILES string of the molecule is O=c1/c(=C/c2ccccc2OCc2ccc([N+](=O)[O-])cc2)sc2n1[C@H](c1ccccc1)C1=C(N=2)c2ccccc2CC1. The highest BCUT2D eigenvalue weighted by Crippen LogP contribution is 2.41. The highest BCUT2D eigenvalue weighted by molar-refractivity contribution is 7.07. The van der Waals surface area contributed by atoms with Crippen molar-refractivity contribution in [3.05, 3.63) is 166 Å². The van der Waals surface area contributed by atoms with E-state index in [0.717, 1.165) is 40.8 Å². The van der Waals surface area contributed by atoms with E-state index in [-0.39, 0.29) is 23.9 Å². The first kappa shape index (κ1) is 25.9. The molecule has 7 rings (SSSR count). The Kier molecular flexibility index (Phi) is 6.60.